The molecule has 0 fully saturated rings. The summed E-state index contributed by atoms with van der Waals surface area (Å²) in [7, 11) is 0. The van der Waals surface area contributed by atoms with Crippen LogP contribution in [0.1, 0.15) is 41.2 Å². The van der Waals surface area contributed by atoms with Gasteiger partial charge in [0.25, 0.3) is 11.8 Å². The van der Waals surface area contributed by atoms with Crippen LogP contribution in [0.15, 0.2) is 35.9 Å². The quantitative estimate of drug-likeness (QED) is 0.298. The van der Waals surface area contributed by atoms with Crippen LogP contribution in [0.4, 0.5) is 4.39 Å². The van der Waals surface area contributed by atoms with E-state index in [2.05, 4.69) is 29.3 Å². The van der Waals surface area contributed by atoms with Crippen molar-refractivity contribution in [3.63, 3.8) is 0 Å². The fraction of sp³-hybridized carbons (Fsp3) is 0.304. The fourth-order valence-electron chi connectivity index (χ4n) is 2.96. The van der Waals surface area contributed by atoms with E-state index in [9.17, 15) is 24.0 Å². The minimum Gasteiger partial charge on any atom is -0.451 e. The van der Waals surface area contributed by atoms with E-state index < -0.39 is 30.2 Å². The number of ether oxygens (including phenoxy) is 1. The van der Waals surface area contributed by atoms with Gasteiger partial charge in [-0.25, -0.2) is 9.18 Å². The SMILES string of the molecule is Cc1cc(/C=C(\C#N)C(=O)OCC(=O)NNC(=O)c2ccc(F)cc2)c(C)n1CC(C)C. The van der Waals surface area contributed by atoms with Gasteiger partial charge in [-0.15, -0.1) is 0 Å². The first-order valence-electron chi connectivity index (χ1n) is 9.92. The predicted molar refractivity (Wildman–Crippen MR) is 115 cm³/mol. The molecule has 0 radical (unpaired) electrons. The van der Waals surface area contributed by atoms with Crippen molar-refractivity contribution in [2.45, 2.75) is 34.2 Å². The first-order valence-corrected chi connectivity index (χ1v) is 9.92. The van der Waals surface area contributed by atoms with E-state index in [0.29, 0.717) is 11.5 Å². The van der Waals surface area contributed by atoms with Crippen LogP contribution < -0.4 is 10.9 Å². The lowest BCUT2D eigenvalue weighted by Gasteiger charge is -2.12. The Balaban J connectivity index is 1.94. The number of carbonyl (C=O) groups excluding carboxylic acids is 3. The van der Waals surface area contributed by atoms with Crippen LogP contribution in [0, 0.1) is 36.9 Å². The number of hydrogen-bond donors (Lipinski definition) is 2. The maximum absolute atomic E-state index is 12.9. The average Bonchev–Trinajstić information content (AvgIpc) is 3.01. The second-order valence-electron chi connectivity index (χ2n) is 7.59. The molecule has 8 nitrogen and oxygen atoms in total. The summed E-state index contributed by atoms with van der Waals surface area (Å²) in [6, 6.07) is 8.38. The van der Waals surface area contributed by atoms with Gasteiger partial charge in [0.2, 0.25) is 0 Å². The number of nitrogens with one attached hydrogen (secondary N) is 2. The van der Waals surface area contributed by atoms with Crippen molar-refractivity contribution in [1.82, 2.24) is 15.4 Å². The standard InChI is InChI=1S/C23H25FN4O4/c1-14(2)12-28-15(3)9-18(16(28)4)10-19(11-25)23(31)32-13-21(29)26-27-22(30)17-5-7-20(24)8-6-17/h5-10,14H,12-13H2,1-4H3,(H,26,29)(H,27,30)/b19-10+. The third-order valence-corrected chi connectivity index (χ3v) is 4.56. The van der Waals surface area contributed by atoms with E-state index in [1.165, 1.54) is 18.2 Å². The van der Waals surface area contributed by atoms with Crippen molar-refractivity contribution in [3.8, 4) is 6.07 Å². The highest BCUT2D eigenvalue weighted by Crippen LogP contribution is 2.20. The van der Waals surface area contributed by atoms with E-state index >= 15 is 0 Å². The zero-order valence-corrected chi connectivity index (χ0v) is 18.4. The molecular weight excluding hydrogens is 415 g/mol. The topological polar surface area (TPSA) is 113 Å². The molecule has 0 aliphatic heterocycles. The number of halogens is 1. The van der Waals surface area contributed by atoms with Gasteiger partial charge in [0.05, 0.1) is 0 Å². The lowest BCUT2D eigenvalue weighted by Crippen LogP contribution is -2.43. The van der Waals surface area contributed by atoms with Gasteiger partial charge in [-0.3, -0.25) is 20.4 Å². The third kappa shape index (κ3) is 6.54. The number of esters is 1. The van der Waals surface area contributed by atoms with Gasteiger partial charge in [-0.05, 0) is 61.7 Å². The molecule has 0 spiro atoms. The first kappa shape index (κ1) is 24.3. The summed E-state index contributed by atoms with van der Waals surface area (Å²) in [4.78, 5) is 35.9. The van der Waals surface area contributed by atoms with Gasteiger partial charge in [-0.2, -0.15) is 5.26 Å². The number of aryl methyl sites for hydroxylation is 1. The van der Waals surface area contributed by atoms with E-state index in [1.807, 2.05) is 19.9 Å². The number of nitrogens with zero attached hydrogens (tertiary/aromatic N) is 2. The van der Waals surface area contributed by atoms with Crippen LogP contribution in [0.5, 0.6) is 0 Å². The Kier molecular flexibility index (Phi) is 8.30. The Labute approximate surface area is 185 Å². The molecule has 9 heteroatoms. The first-order chi connectivity index (χ1) is 15.1. The summed E-state index contributed by atoms with van der Waals surface area (Å²) in [5.41, 5.74) is 6.72. The zero-order valence-electron chi connectivity index (χ0n) is 18.4. The van der Waals surface area contributed by atoms with Gasteiger partial charge in [-0.1, -0.05) is 13.8 Å². The monoisotopic (exact) mass is 440 g/mol. The number of nitriles is 1. The minimum absolute atomic E-state index is 0.133. The Hall–Kier alpha value is -3.93. The number of aromatic nitrogens is 1. The second kappa shape index (κ2) is 10.9. The van der Waals surface area contributed by atoms with Crippen LogP contribution >= 0.6 is 0 Å². The molecule has 0 unspecified atom stereocenters. The summed E-state index contributed by atoms with van der Waals surface area (Å²) >= 11 is 0. The highest BCUT2D eigenvalue weighted by atomic mass is 19.1. The number of hydrogen-bond acceptors (Lipinski definition) is 5. The fourth-order valence-corrected chi connectivity index (χ4v) is 2.96. The largest absolute Gasteiger partial charge is 0.451 e. The van der Waals surface area contributed by atoms with Gasteiger partial charge in [0, 0.05) is 23.5 Å². The van der Waals surface area contributed by atoms with Crippen molar-refractivity contribution in [3.05, 3.63) is 64.2 Å². The molecule has 1 aromatic heterocycles. The Morgan fingerprint density at radius 2 is 1.84 bits per heavy atom. The van der Waals surface area contributed by atoms with Gasteiger partial charge >= 0.3 is 5.97 Å². The molecule has 2 N–H and O–H groups in total. The van der Waals surface area contributed by atoms with Crippen LogP contribution in [0.3, 0.4) is 0 Å². The smallest absolute Gasteiger partial charge is 0.349 e. The molecule has 0 aliphatic rings. The van der Waals surface area contributed by atoms with Crippen LogP contribution in [0.25, 0.3) is 6.08 Å². The second-order valence-corrected chi connectivity index (χ2v) is 7.59. The number of hydrazine groups is 1. The van der Waals surface area contributed by atoms with Gasteiger partial charge in [0.15, 0.2) is 6.61 Å². The molecular formula is C23H25FN4O4. The molecule has 2 aromatic rings. The molecule has 0 atom stereocenters. The normalized spacial score (nSPS) is 11.1. The third-order valence-electron chi connectivity index (χ3n) is 4.56. The van der Waals surface area contributed by atoms with E-state index in [4.69, 9.17) is 4.74 Å². The van der Waals surface area contributed by atoms with E-state index in [1.54, 1.807) is 6.07 Å². The highest BCUT2D eigenvalue weighted by molar-refractivity contribution is 5.99. The molecule has 0 saturated heterocycles. The van der Waals surface area contributed by atoms with Crippen LogP contribution in [-0.2, 0) is 20.9 Å². The molecule has 168 valence electrons. The van der Waals surface area contributed by atoms with Crippen molar-refractivity contribution >= 4 is 23.9 Å². The Morgan fingerprint density at radius 1 is 1.19 bits per heavy atom. The lowest BCUT2D eigenvalue weighted by molar-refractivity contribution is -0.144. The average molecular weight is 440 g/mol. The number of benzene rings is 1. The summed E-state index contributed by atoms with van der Waals surface area (Å²) in [5.74, 6) is -2.50. The van der Waals surface area contributed by atoms with Crippen LogP contribution in [0.2, 0.25) is 0 Å². The summed E-state index contributed by atoms with van der Waals surface area (Å²) < 4.78 is 19.9. The summed E-state index contributed by atoms with van der Waals surface area (Å²) in [6.07, 6.45) is 1.43. The molecule has 2 rings (SSSR count). The number of rotatable bonds is 7. The molecule has 0 bridgehead atoms. The molecule has 0 aliphatic carbocycles. The van der Waals surface area contributed by atoms with E-state index in [-0.39, 0.29) is 11.1 Å². The lowest BCUT2D eigenvalue weighted by atomic mass is 10.1. The summed E-state index contributed by atoms with van der Waals surface area (Å²) in [6.45, 7) is 8.15. The predicted octanol–water partition coefficient (Wildman–Crippen LogP) is 2.81. The maximum Gasteiger partial charge on any atom is 0.349 e. The highest BCUT2D eigenvalue weighted by Gasteiger charge is 2.16. The Bertz CT molecular complexity index is 1080. The number of carbonyl (C=O) groups is 3. The molecule has 1 aromatic carbocycles. The van der Waals surface area contributed by atoms with Gasteiger partial charge < -0.3 is 9.30 Å². The van der Waals surface area contributed by atoms with Crippen molar-refractivity contribution < 1.29 is 23.5 Å². The molecule has 2 amide bonds. The van der Waals surface area contributed by atoms with Crippen molar-refractivity contribution in [2.24, 2.45) is 5.92 Å². The zero-order chi connectivity index (χ0) is 23.8. The van der Waals surface area contributed by atoms with Crippen molar-refractivity contribution in [2.75, 3.05) is 6.61 Å². The molecule has 0 saturated carbocycles. The summed E-state index contributed by atoms with van der Waals surface area (Å²) in [5, 5.41) is 9.35. The number of amides is 2. The molecule has 32 heavy (non-hydrogen) atoms. The van der Waals surface area contributed by atoms with Crippen LogP contribution in [-0.4, -0.2) is 29.0 Å². The van der Waals surface area contributed by atoms with Gasteiger partial charge in [0.1, 0.15) is 17.5 Å². The maximum atomic E-state index is 12.9. The minimum atomic E-state index is -0.957. The van der Waals surface area contributed by atoms with Crippen molar-refractivity contribution in [1.29, 1.82) is 5.26 Å². The Morgan fingerprint density at radius 3 is 2.44 bits per heavy atom. The molecule has 1 heterocycles. The van der Waals surface area contributed by atoms with E-state index in [0.717, 1.165) is 30.1 Å².